The van der Waals surface area contributed by atoms with Crippen molar-refractivity contribution in [1.29, 1.82) is 0 Å². The number of hydrogen-bond acceptors (Lipinski definition) is 4. The minimum Gasteiger partial charge on any atom is -0.340 e. The Morgan fingerprint density at radius 1 is 1.21 bits per heavy atom. The molecule has 0 aliphatic rings. The van der Waals surface area contributed by atoms with Gasteiger partial charge in [-0.15, -0.1) is 11.3 Å². The summed E-state index contributed by atoms with van der Waals surface area (Å²) in [6.45, 7) is 0.558. The van der Waals surface area contributed by atoms with Crippen LogP contribution in [0.2, 0.25) is 10.0 Å². The van der Waals surface area contributed by atoms with E-state index in [9.17, 15) is 4.79 Å². The van der Waals surface area contributed by atoms with E-state index in [4.69, 9.17) is 23.2 Å². The van der Waals surface area contributed by atoms with Crippen molar-refractivity contribution in [3.05, 3.63) is 69.0 Å². The second-order valence-corrected chi connectivity index (χ2v) is 7.93. The van der Waals surface area contributed by atoms with Gasteiger partial charge >= 0.3 is 0 Å². The number of fused-ring (bicyclic) bond motifs is 1. The van der Waals surface area contributed by atoms with Crippen LogP contribution in [0.5, 0.6) is 0 Å². The minimum atomic E-state index is -0.0503. The summed E-state index contributed by atoms with van der Waals surface area (Å²) in [4.78, 5) is 23.6. The Balaban J connectivity index is 1.62. The van der Waals surface area contributed by atoms with Crippen LogP contribution in [0.1, 0.15) is 5.56 Å². The second-order valence-electron chi connectivity index (χ2n) is 6.37. The molecular weight excluding hydrogens is 415 g/mol. The first kappa shape index (κ1) is 18.9. The van der Waals surface area contributed by atoms with Crippen molar-refractivity contribution >= 4 is 51.5 Å². The van der Waals surface area contributed by atoms with E-state index < -0.39 is 0 Å². The number of carbonyl (C=O) groups excluding carboxylic acids is 1. The maximum Gasteiger partial charge on any atom is 0.242 e. The molecule has 0 bridgehead atoms. The number of hydrogen-bond donors (Lipinski definition) is 0. The number of benzene rings is 2. The third-order valence-electron chi connectivity index (χ3n) is 4.46. The number of thiazole rings is 1. The van der Waals surface area contributed by atoms with Crippen LogP contribution in [-0.2, 0) is 17.9 Å². The Morgan fingerprint density at radius 2 is 2.04 bits per heavy atom. The van der Waals surface area contributed by atoms with Crippen LogP contribution in [0.3, 0.4) is 0 Å². The fourth-order valence-electron chi connectivity index (χ4n) is 3.00. The fourth-order valence-corrected chi connectivity index (χ4v) is 4.00. The molecule has 0 aliphatic carbocycles. The van der Waals surface area contributed by atoms with E-state index in [2.05, 4.69) is 9.97 Å². The van der Waals surface area contributed by atoms with E-state index in [0.29, 0.717) is 22.4 Å². The first-order chi connectivity index (χ1) is 13.5. The third kappa shape index (κ3) is 3.76. The molecule has 0 N–H and O–H groups in total. The molecule has 0 radical (unpaired) electrons. The van der Waals surface area contributed by atoms with Crippen LogP contribution < -0.4 is 0 Å². The van der Waals surface area contributed by atoms with Crippen LogP contribution in [0, 0.1) is 0 Å². The molecule has 0 atom stereocenters. The van der Waals surface area contributed by atoms with Gasteiger partial charge in [-0.3, -0.25) is 4.79 Å². The molecule has 0 fully saturated rings. The molecule has 2 aromatic heterocycles. The Bertz CT molecular complexity index is 1140. The van der Waals surface area contributed by atoms with E-state index in [1.807, 2.05) is 40.3 Å². The van der Waals surface area contributed by atoms with Gasteiger partial charge in [0.05, 0.1) is 16.5 Å². The van der Waals surface area contributed by atoms with Crippen molar-refractivity contribution in [3.63, 3.8) is 0 Å². The quantitative estimate of drug-likeness (QED) is 0.441. The number of carbonyl (C=O) groups is 1. The van der Waals surface area contributed by atoms with Gasteiger partial charge in [0.1, 0.15) is 12.2 Å². The Kier molecular flexibility index (Phi) is 5.35. The smallest absolute Gasteiger partial charge is 0.242 e. The largest absolute Gasteiger partial charge is 0.340 e. The first-order valence-electron chi connectivity index (χ1n) is 8.54. The van der Waals surface area contributed by atoms with Gasteiger partial charge in [-0.05, 0) is 29.8 Å². The summed E-state index contributed by atoms with van der Waals surface area (Å²) < 4.78 is 1.91. The summed E-state index contributed by atoms with van der Waals surface area (Å²) in [5, 5.41) is 3.04. The van der Waals surface area contributed by atoms with Gasteiger partial charge < -0.3 is 9.47 Å². The lowest BCUT2D eigenvalue weighted by molar-refractivity contribution is -0.130. The highest BCUT2D eigenvalue weighted by molar-refractivity contribution is 7.07. The summed E-state index contributed by atoms with van der Waals surface area (Å²) in [6, 6.07) is 13.0. The number of amides is 1. The number of nitrogens with zero attached hydrogens (tertiary/aromatic N) is 4. The SMILES string of the molecule is CN(Cc1ccc(Cl)cc1Cl)C(=O)Cn1c(-c2cscn2)nc2ccccc21. The number of aromatic nitrogens is 3. The van der Waals surface area contributed by atoms with E-state index in [0.717, 1.165) is 22.3 Å². The molecule has 0 unspecified atom stereocenters. The molecule has 2 heterocycles. The molecule has 0 saturated heterocycles. The summed E-state index contributed by atoms with van der Waals surface area (Å²) >= 11 is 13.7. The summed E-state index contributed by atoms with van der Waals surface area (Å²) in [5.41, 5.74) is 5.10. The summed E-state index contributed by atoms with van der Waals surface area (Å²) in [5.74, 6) is 0.638. The molecule has 5 nitrogen and oxygen atoms in total. The maximum atomic E-state index is 12.9. The highest BCUT2D eigenvalue weighted by Gasteiger charge is 2.19. The fraction of sp³-hybridized carbons (Fsp3) is 0.150. The topological polar surface area (TPSA) is 51.0 Å². The van der Waals surface area contributed by atoms with E-state index >= 15 is 0 Å². The maximum absolute atomic E-state index is 12.9. The van der Waals surface area contributed by atoms with Gasteiger partial charge in [-0.1, -0.05) is 41.4 Å². The number of rotatable bonds is 5. The lowest BCUT2D eigenvalue weighted by Crippen LogP contribution is -2.30. The van der Waals surface area contributed by atoms with Gasteiger partial charge in [-0.25, -0.2) is 9.97 Å². The lowest BCUT2D eigenvalue weighted by Gasteiger charge is -2.19. The molecule has 142 valence electrons. The molecule has 0 aliphatic heterocycles. The number of halogens is 2. The van der Waals surface area contributed by atoms with Crippen LogP contribution in [0.15, 0.2) is 53.4 Å². The Labute approximate surface area is 176 Å². The lowest BCUT2D eigenvalue weighted by atomic mass is 10.2. The van der Waals surface area contributed by atoms with E-state index in [1.165, 1.54) is 11.3 Å². The van der Waals surface area contributed by atoms with Crippen LogP contribution in [0.4, 0.5) is 0 Å². The number of imidazole rings is 1. The zero-order chi connectivity index (χ0) is 19.7. The number of para-hydroxylation sites is 2. The Morgan fingerprint density at radius 3 is 2.79 bits per heavy atom. The summed E-state index contributed by atoms with van der Waals surface area (Å²) in [6.07, 6.45) is 0. The van der Waals surface area contributed by atoms with Gasteiger partial charge in [0.25, 0.3) is 0 Å². The molecule has 0 spiro atoms. The molecule has 8 heteroatoms. The van der Waals surface area contributed by atoms with Crippen LogP contribution in [-0.4, -0.2) is 32.4 Å². The monoisotopic (exact) mass is 430 g/mol. The predicted molar refractivity (Wildman–Crippen MR) is 114 cm³/mol. The van der Waals surface area contributed by atoms with E-state index in [-0.39, 0.29) is 12.5 Å². The van der Waals surface area contributed by atoms with Gasteiger partial charge in [0, 0.05) is 29.0 Å². The van der Waals surface area contributed by atoms with Crippen molar-refractivity contribution in [2.75, 3.05) is 7.05 Å². The Hall–Kier alpha value is -2.41. The van der Waals surface area contributed by atoms with Crippen molar-refractivity contribution in [2.24, 2.45) is 0 Å². The molecule has 4 rings (SSSR count). The minimum absolute atomic E-state index is 0.0503. The molecule has 0 saturated carbocycles. The highest BCUT2D eigenvalue weighted by Crippen LogP contribution is 2.25. The van der Waals surface area contributed by atoms with Crippen molar-refractivity contribution in [1.82, 2.24) is 19.4 Å². The molecular formula is C20H16Cl2N4OS. The molecule has 4 aromatic rings. The van der Waals surface area contributed by atoms with Gasteiger partial charge in [0.2, 0.25) is 5.91 Å². The predicted octanol–water partition coefficient (Wildman–Crippen LogP) is 5.13. The second kappa shape index (κ2) is 7.91. The number of likely N-dealkylation sites (N-methyl/N-ethyl adjacent to an activating group) is 1. The summed E-state index contributed by atoms with van der Waals surface area (Å²) in [7, 11) is 1.76. The third-order valence-corrected chi connectivity index (χ3v) is 5.63. The molecule has 28 heavy (non-hydrogen) atoms. The van der Waals surface area contributed by atoms with Crippen molar-refractivity contribution in [3.8, 4) is 11.5 Å². The first-order valence-corrected chi connectivity index (χ1v) is 10.2. The molecule has 1 amide bonds. The normalized spacial score (nSPS) is 11.1. The van der Waals surface area contributed by atoms with Gasteiger partial charge in [0.15, 0.2) is 5.82 Å². The average Bonchev–Trinajstić information content (AvgIpc) is 3.32. The zero-order valence-corrected chi connectivity index (χ0v) is 17.3. The van der Waals surface area contributed by atoms with Crippen LogP contribution >= 0.6 is 34.5 Å². The average molecular weight is 431 g/mol. The van der Waals surface area contributed by atoms with Gasteiger partial charge in [-0.2, -0.15) is 0 Å². The standard InChI is InChI=1S/C20H16Cl2N4OS/c1-25(9-13-6-7-14(21)8-15(13)22)19(27)10-26-18-5-3-2-4-16(18)24-20(26)17-11-28-12-23-17/h2-8,11-12H,9-10H2,1H3. The van der Waals surface area contributed by atoms with Crippen LogP contribution in [0.25, 0.3) is 22.6 Å². The van der Waals surface area contributed by atoms with Crippen molar-refractivity contribution in [2.45, 2.75) is 13.1 Å². The van der Waals surface area contributed by atoms with Crippen molar-refractivity contribution < 1.29 is 4.79 Å². The van der Waals surface area contributed by atoms with E-state index in [1.54, 1.807) is 29.6 Å². The highest BCUT2D eigenvalue weighted by atomic mass is 35.5. The zero-order valence-electron chi connectivity index (χ0n) is 15.0. The molecule has 2 aromatic carbocycles.